The highest BCUT2D eigenvalue weighted by Crippen LogP contribution is 2.34. The van der Waals surface area contributed by atoms with Crippen molar-refractivity contribution in [1.29, 1.82) is 0 Å². The Morgan fingerprint density at radius 2 is 2.42 bits per heavy atom. The second-order valence-corrected chi connectivity index (χ2v) is 5.88. The minimum Gasteiger partial charge on any atom is -0.365 e. The molecule has 6 heteroatoms. The number of hydrogen-bond acceptors (Lipinski definition) is 4. The molecule has 19 heavy (non-hydrogen) atoms. The Balaban J connectivity index is 1.95. The Kier molecular flexibility index (Phi) is 3.45. The predicted octanol–water partition coefficient (Wildman–Crippen LogP) is 0.990. The summed E-state index contributed by atoms with van der Waals surface area (Å²) in [6.07, 6.45) is 4.64. The van der Waals surface area contributed by atoms with Crippen LogP contribution in [0.15, 0.2) is 28.1 Å². The van der Waals surface area contributed by atoms with Gasteiger partial charge in [0.05, 0.1) is 18.4 Å². The molecule has 0 radical (unpaired) electrons. The Hall–Kier alpha value is -1.14. The van der Waals surface area contributed by atoms with E-state index < -0.39 is 0 Å². The van der Waals surface area contributed by atoms with Crippen LogP contribution in [0.3, 0.4) is 0 Å². The molecule has 5 nitrogen and oxygen atoms in total. The highest BCUT2D eigenvalue weighted by Gasteiger charge is 2.38. The summed E-state index contributed by atoms with van der Waals surface area (Å²) in [5.41, 5.74) is 0.827. The van der Waals surface area contributed by atoms with Crippen LogP contribution >= 0.6 is 15.9 Å². The molecule has 2 aliphatic heterocycles. The molecule has 1 aromatic rings. The molecule has 0 aromatic carbocycles. The van der Waals surface area contributed by atoms with Gasteiger partial charge in [-0.1, -0.05) is 6.08 Å². The third kappa shape index (κ3) is 2.12. The van der Waals surface area contributed by atoms with E-state index >= 15 is 0 Å². The molecule has 0 spiro atoms. The van der Waals surface area contributed by atoms with Crippen LogP contribution in [0.25, 0.3) is 0 Å². The van der Waals surface area contributed by atoms with Crippen molar-refractivity contribution in [3.05, 3.63) is 33.7 Å². The standard InChI is InChI=1S/C13H17BrN4O/c1-2-4-18-13(19)12(14)11(8-16-18)17-5-3-9-6-15-7-10(9)17/h2,8-10,15H,1,3-7H2/t9-,10+/m0/s1. The van der Waals surface area contributed by atoms with Gasteiger partial charge < -0.3 is 10.2 Å². The Morgan fingerprint density at radius 3 is 3.21 bits per heavy atom. The molecule has 2 atom stereocenters. The molecule has 102 valence electrons. The molecule has 1 aromatic heterocycles. The zero-order chi connectivity index (χ0) is 13.4. The second kappa shape index (κ2) is 5.09. The summed E-state index contributed by atoms with van der Waals surface area (Å²) >= 11 is 3.44. The molecule has 0 unspecified atom stereocenters. The zero-order valence-corrected chi connectivity index (χ0v) is 12.3. The molecule has 3 heterocycles. The number of nitrogens with zero attached hydrogens (tertiary/aromatic N) is 3. The van der Waals surface area contributed by atoms with Gasteiger partial charge in [0.1, 0.15) is 4.47 Å². The number of hydrogen-bond donors (Lipinski definition) is 1. The van der Waals surface area contributed by atoms with Gasteiger partial charge in [-0.2, -0.15) is 5.10 Å². The van der Waals surface area contributed by atoms with Crippen LogP contribution in [0.2, 0.25) is 0 Å². The molecule has 3 rings (SSSR count). The van der Waals surface area contributed by atoms with Crippen LogP contribution in [-0.4, -0.2) is 35.5 Å². The van der Waals surface area contributed by atoms with Crippen molar-refractivity contribution in [2.45, 2.75) is 19.0 Å². The lowest BCUT2D eigenvalue weighted by molar-refractivity contribution is 0.576. The van der Waals surface area contributed by atoms with E-state index in [4.69, 9.17) is 0 Å². The summed E-state index contributed by atoms with van der Waals surface area (Å²) < 4.78 is 2.03. The van der Waals surface area contributed by atoms with Gasteiger partial charge >= 0.3 is 0 Å². The number of rotatable bonds is 3. The van der Waals surface area contributed by atoms with Crippen LogP contribution in [0.4, 0.5) is 5.69 Å². The fraction of sp³-hybridized carbons (Fsp3) is 0.538. The number of fused-ring (bicyclic) bond motifs is 1. The zero-order valence-electron chi connectivity index (χ0n) is 10.7. The Labute approximate surface area is 120 Å². The summed E-state index contributed by atoms with van der Waals surface area (Å²) in [6, 6.07) is 0.493. The Bertz CT molecular complexity index is 556. The summed E-state index contributed by atoms with van der Waals surface area (Å²) in [4.78, 5) is 14.5. The van der Waals surface area contributed by atoms with E-state index in [1.54, 1.807) is 12.3 Å². The first-order chi connectivity index (χ1) is 9.22. The van der Waals surface area contributed by atoms with Gasteiger partial charge in [0.2, 0.25) is 0 Å². The molecular formula is C13H17BrN4O. The van der Waals surface area contributed by atoms with E-state index in [9.17, 15) is 4.79 Å². The van der Waals surface area contributed by atoms with Crippen LogP contribution in [0, 0.1) is 5.92 Å². The highest BCUT2D eigenvalue weighted by molar-refractivity contribution is 9.10. The maximum atomic E-state index is 12.2. The lowest BCUT2D eigenvalue weighted by Gasteiger charge is -2.26. The lowest BCUT2D eigenvalue weighted by atomic mass is 10.1. The molecule has 2 saturated heterocycles. The first-order valence-corrected chi connectivity index (χ1v) is 7.35. The molecule has 1 N–H and O–H groups in total. The van der Waals surface area contributed by atoms with Gasteiger partial charge in [-0.3, -0.25) is 4.79 Å². The predicted molar refractivity (Wildman–Crippen MR) is 78.5 cm³/mol. The SMILES string of the molecule is C=CCn1ncc(N2CC[C@H]3CNC[C@H]32)c(Br)c1=O. The molecule has 2 aliphatic rings. The van der Waals surface area contributed by atoms with Crippen LogP contribution in [0.5, 0.6) is 0 Å². The van der Waals surface area contributed by atoms with Gasteiger partial charge in [-0.05, 0) is 28.3 Å². The van der Waals surface area contributed by atoms with Crippen molar-refractivity contribution in [3.8, 4) is 0 Å². The monoisotopic (exact) mass is 324 g/mol. The van der Waals surface area contributed by atoms with Crippen molar-refractivity contribution in [2.24, 2.45) is 5.92 Å². The summed E-state index contributed by atoms with van der Waals surface area (Å²) in [5, 5.41) is 7.64. The maximum absolute atomic E-state index is 12.2. The molecule has 0 saturated carbocycles. The smallest absolute Gasteiger partial charge is 0.283 e. The van der Waals surface area contributed by atoms with E-state index in [1.807, 2.05) is 0 Å². The topological polar surface area (TPSA) is 50.2 Å². The van der Waals surface area contributed by atoms with Crippen molar-refractivity contribution in [1.82, 2.24) is 15.1 Å². The average Bonchev–Trinajstić information content (AvgIpc) is 2.99. The summed E-state index contributed by atoms with van der Waals surface area (Å²) in [5.74, 6) is 0.697. The second-order valence-electron chi connectivity index (χ2n) is 5.09. The van der Waals surface area contributed by atoms with Crippen molar-refractivity contribution < 1.29 is 0 Å². The minimum atomic E-state index is -0.0909. The third-order valence-electron chi connectivity index (χ3n) is 4.02. The van der Waals surface area contributed by atoms with E-state index in [2.05, 4.69) is 37.8 Å². The first-order valence-electron chi connectivity index (χ1n) is 6.56. The maximum Gasteiger partial charge on any atom is 0.283 e. The molecule has 0 amide bonds. The first kappa shape index (κ1) is 12.9. The summed E-state index contributed by atoms with van der Waals surface area (Å²) in [6.45, 7) is 7.15. The van der Waals surface area contributed by atoms with Gasteiger partial charge in [-0.15, -0.1) is 6.58 Å². The van der Waals surface area contributed by atoms with Gasteiger partial charge in [0, 0.05) is 25.7 Å². The number of anilines is 1. The largest absolute Gasteiger partial charge is 0.365 e. The number of halogens is 1. The normalized spacial score (nSPS) is 25.6. The molecule has 0 bridgehead atoms. The highest BCUT2D eigenvalue weighted by atomic mass is 79.9. The average molecular weight is 325 g/mol. The van der Waals surface area contributed by atoms with Gasteiger partial charge in [0.25, 0.3) is 5.56 Å². The van der Waals surface area contributed by atoms with Crippen LogP contribution < -0.4 is 15.8 Å². The summed E-state index contributed by atoms with van der Waals surface area (Å²) in [7, 11) is 0. The number of aromatic nitrogens is 2. The number of allylic oxidation sites excluding steroid dienone is 1. The molecule has 2 fully saturated rings. The van der Waals surface area contributed by atoms with E-state index in [0.717, 1.165) is 25.3 Å². The minimum absolute atomic E-state index is 0.0909. The van der Waals surface area contributed by atoms with E-state index in [1.165, 1.54) is 11.1 Å². The fourth-order valence-electron chi connectivity index (χ4n) is 3.06. The third-order valence-corrected chi connectivity index (χ3v) is 4.77. The van der Waals surface area contributed by atoms with Gasteiger partial charge in [0.15, 0.2) is 0 Å². The van der Waals surface area contributed by atoms with Crippen LogP contribution in [-0.2, 0) is 6.54 Å². The van der Waals surface area contributed by atoms with E-state index in [-0.39, 0.29) is 5.56 Å². The van der Waals surface area contributed by atoms with Crippen molar-refractivity contribution >= 4 is 21.6 Å². The van der Waals surface area contributed by atoms with Crippen molar-refractivity contribution in [2.75, 3.05) is 24.5 Å². The molecular weight excluding hydrogens is 308 g/mol. The molecule has 0 aliphatic carbocycles. The van der Waals surface area contributed by atoms with Crippen molar-refractivity contribution in [3.63, 3.8) is 0 Å². The van der Waals surface area contributed by atoms with Crippen LogP contribution in [0.1, 0.15) is 6.42 Å². The Morgan fingerprint density at radius 1 is 1.58 bits per heavy atom. The fourth-order valence-corrected chi connectivity index (χ4v) is 3.59. The van der Waals surface area contributed by atoms with Gasteiger partial charge in [-0.25, -0.2) is 4.68 Å². The number of nitrogens with one attached hydrogen (secondary N) is 1. The lowest BCUT2D eigenvalue weighted by Crippen LogP contribution is -2.36. The quantitative estimate of drug-likeness (QED) is 0.842. The van der Waals surface area contributed by atoms with E-state index in [0.29, 0.717) is 23.0 Å².